The molecule has 0 aliphatic carbocycles. The van der Waals surface area contributed by atoms with Gasteiger partial charge in [-0.3, -0.25) is 24.8 Å². The number of nitrogens with zero attached hydrogens (tertiary/aromatic N) is 4. The number of aromatic nitrogens is 6. The first-order valence-electron chi connectivity index (χ1n) is 12.1. The van der Waals surface area contributed by atoms with Crippen LogP contribution in [0.25, 0.3) is 54.9 Å². The van der Waals surface area contributed by atoms with Crippen molar-refractivity contribution in [3.63, 3.8) is 0 Å². The van der Waals surface area contributed by atoms with E-state index in [2.05, 4.69) is 35.5 Å². The standard InChI is InChI=1S/C28H24FN7OS/c1-28(2,3)9-26(37)33-16-6-15(10-30-11-16)20-8-18-23(14-32-20)35-36-27(18)21-7-17-19(12-31-13-22(17)34-21)24-4-5-25(29)38-24/h4-8,10-14,34H,9H2,1-3H3,(H,33,37)(H,35,36). The smallest absolute Gasteiger partial charge is 0.224 e. The van der Waals surface area contributed by atoms with Gasteiger partial charge < -0.3 is 10.3 Å². The van der Waals surface area contributed by atoms with Gasteiger partial charge in [-0.2, -0.15) is 9.49 Å². The molecule has 0 aliphatic heterocycles. The Labute approximate surface area is 221 Å². The molecule has 6 aromatic heterocycles. The third kappa shape index (κ3) is 4.66. The molecule has 0 saturated carbocycles. The van der Waals surface area contributed by atoms with Gasteiger partial charge in [0.05, 0.1) is 46.7 Å². The predicted octanol–water partition coefficient (Wildman–Crippen LogP) is 6.81. The molecule has 0 radical (unpaired) electrons. The quantitative estimate of drug-likeness (QED) is 0.229. The van der Waals surface area contributed by atoms with Crippen LogP contribution < -0.4 is 5.32 Å². The lowest BCUT2D eigenvalue weighted by atomic mass is 9.92. The molecule has 0 unspecified atom stereocenters. The predicted molar refractivity (Wildman–Crippen MR) is 148 cm³/mol. The van der Waals surface area contributed by atoms with E-state index in [0.29, 0.717) is 17.8 Å². The van der Waals surface area contributed by atoms with Crippen molar-refractivity contribution in [2.24, 2.45) is 5.41 Å². The zero-order chi connectivity index (χ0) is 26.4. The molecule has 0 aliphatic rings. The molecule has 8 nitrogen and oxygen atoms in total. The SMILES string of the molecule is CC(C)(C)CC(=O)Nc1cncc(-c2cc3c(-c4cc5c(-c6ccc(F)s6)cncc5[nH]4)n[nH]c3cn2)c1. The number of H-pyrrole nitrogens is 2. The number of hydrogen-bond donors (Lipinski definition) is 3. The van der Waals surface area contributed by atoms with Crippen LogP contribution in [-0.4, -0.2) is 36.0 Å². The molecule has 6 rings (SSSR count). The molecule has 0 spiro atoms. The zero-order valence-electron chi connectivity index (χ0n) is 21.0. The monoisotopic (exact) mass is 525 g/mol. The van der Waals surface area contributed by atoms with Crippen LogP contribution in [-0.2, 0) is 4.79 Å². The van der Waals surface area contributed by atoms with Crippen LogP contribution in [0.5, 0.6) is 0 Å². The maximum Gasteiger partial charge on any atom is 0.224 e. The molecule has 0 atom stereocenters. The summed E-state index contributed by atoms with van der Waals surface area (Å²) in [7, 11) is 0. The Kier molecular flexibility index (Phi) is 5.76. The second-order valence-electron chi connectivity index (χ2n) is 10.4. The van der Waals surface area contributed by atoms with Crippen LogP contribution in [0.2, 0.25) is 0 Å². The Morgan fingerprint density at radius 3 is 2.63 bits per heavy atom. The van der Waals surface area contributed by atoms with Crippen LogP contribution >= 0.6 is 11.3 Å². The van der Waals surface area contributed by atoms with Gasteiger partial charge >= 0.3 is 0 Å². The number of pyridine rings is 3. The zero-order valence-corrected chi connectivity index (χ0v) is 21.8. The average molecular weight is 526 g/mol. The molecule has 6 aromatic rings. The fourth-order valence-corrected chi connectivity index (χ4v) is 5.20. The molecule has 0 aromatic carbocycles. The molecule has 10 heteroatoms. The second kappa shape index (κ2) is 9.14. The van der Waals surface area contributed by atoms with Gasteiger partial charge in [0, 0.05) is 45.6 Å². The molecule has 6 heterocycles. The molecule has 38 heavy (non-hydrogen) atoms. The maximum atomic E-state index is 13.7. The van der Waals surface area contributed by atoms with Crippen molar-refractivity contribution < 1.29 is 9.18 Å². The largest absolute Gasteiger partial charge is 0.352 e. The highest BCUT2D eigenvalue weighted by atomic mass is 32.1. The molecular formula is C28H24FN7OS. The van der Waals surface area contributed by atoms with E-state index in [4.69, 9.17) is 0 Å². The van der Waals surface area contributed by atoms with E-state index >= 15 is 0 Å². The highest BCUT2D eigenvalue weighted by molar-refractivity contribution is 7.14. The number of halogens is 1. The topological polar surface area (TPSA) is 112 Å². The van der Waals surface area contributed by atoms with E-state index < -0.39 is 0 Å². The lowest BCUT2D eigenvalue weighted by Crippen LogP contribution is -2.19. The van der Waals surface area contributed by atoms with Gasteiger partial charge in [-0.25, -0.2) is 0 Å². The van der Waals surface area contributed by atoms with Crippen molar-refractivity contribution in [3.8, 4) is 33.1 Å². The summed E-state index contributed by atoms with van der Waals surface area (Å²) < 4.78 is 13.7. The summed E-state index contributed by atoms with van der Waals surface area (Å²) in [5.74, 6) is -0.0602. The van der Waals surface area contributed by atoms with Crippen molar-refractivity contribution in [3.05, 3.63) is 66.4 Å². The third-order valence-electron chi connectivity index (χ3n) is 6.10. The summed E-state index contributed by atoms with van der Waals surface area (Å²) in [5.41, 5.74) is 5.98. The second-order valence-corrected chi connectivity index (χ2v) is 11.4. The number of carbonyl (C=O) groups is 1. The van der Waals surface area contributed by atoms with Gasteiger partial charge in [0.1, 0.15) is 5.69 Å². The van der Waals surface area contributed by atoms with Gasteiger partial charge in [-0.1, -0.05) is 20.8 Å². The summed E-state index contributed by atoms with van der Waals surface area (Å²) in [6.07, 6.45) is 8.98. The van der Waals surface area contributed by atoms with Crippen LogP contribution in [0.4, 0.5) is 10.1 Å². The molecule has 3 N–H and O–H groups in total. The first-order chi connectivity index (χ1) is 18.2. The van der Waals surface area contributed by atoms with E-state index in [1.807, 2.05) is 39.0 Å². The molecule has 1 amide bonds. The number of carbonyl (C=O) groups excluding carboxylic acids is 1. The number of amides is 1. The molecule has 0 fully saturated rings. The fraction of sp³-hybridized carbons (Fsp3) is 0.179. The van der Waals surface area contributed by atoms with E-state index in [9.17, 15) is 9.18 Å². The lowest BCUT2D eigenvalue weighted by Gasteiger charge is -2.17. The number of fused-ring (bicyclic) bond motifs is 2. The molecule has 0 bridgehead atoms. The number of thiophene rings is 1. The minimum atomic E-state index is -0.238. The summed E-state index contributed by atoms with van der Waals surface area (Å²) in [5, 5.41) is 12.1. The number of aromatic amines is 2. The van der Waals surface area contributed by atoms with Crippen molar-refractivity contribution in [1.82, 2.24) is 30.1 Å². The van der Waals surface area contributed by atoms with Gasteiger partial charge in [0.25, 0.3) is 0 Å². The van der Waals surface area contributed by atoms with Crippen LogP contribution in [0.15, 0.2) is 61.3 Å². The Morgan fingerprint density at radius 2 is 1.84 bits per heavy atom. The first-order valence-corrected chi connectivity index (χ1v) is 12.9. The Bertz CT molecular complexity index is 1810. The minimum Gasteiger partial charge on any atom is -0.352 e. The highest BCUT2D eigenvalue weighted by Gasteiger charge is 2.18. The molecular weight excluding hydrogens is 501 g/mol. The number of rotatable bonds is 5. The summed E-state index contributed by atoms with van der Waals surface area (Å²) in [6, 6.07) is 9.04. The van der Waals surface area contributed by atoms with E-state index in [0.717, 1.165) is 60.5 Å². The normalized spacial score (nSPS) is 11.9. The van der Waals surface area contributed by atoms with Crippen molar-refractivity contribution in [2.45, 2.75) is 27.2 Å². The van der Waals surface area contributed by atoms with E-state index in [1.54, 1.807) is 37.1 Å². The van der Waals surface area contributed by atoms with E-state index in [-0.39, 0.29) is 16.5 Å². The average Bonchev–Trinajstić information content (AvgIpc) is 3.60. The van der Waals surface area contributed by atoms with Crippen molar-refractivity contribution in [2.75, 3.05) is 5.32 Å². The number of nitrogens with one attached hydrogen (secondary N) is 3. The van der Waals surface area contributed by atoms with Crippen LogP contribution in [0.3, 0.4) is 0 Å². The summed E-state index contributed by atoms with van der Waals surface area (Å²) >= 11 is 1.09. The first kappa shape index (κ1) is 23.9. The fourth-order valence-electron chi connectivity index (χ4n) is 4.45. The van der Waals surface area contributed by atoms with Crippen LogP contribution in [0, 0.1) is 10.5 Å². The number of hydrogen-bond acceptors (Lipinski definition) is 6. The Morgan fingerprint density at radius 1 is 1.00 bits per heavy atom. The third-order valence-corrected chi connectivity index (χ3v) is 7.00. The van der Waals surface area contributed by atoms with Gasteiger partial charge in [-0.15, -0.1) is 11.3 Å². The van der Waals surface area contributed by atoms with Crippen molar-refractivity contribution >= 4 is 44.7 Å². The van der Waals surface area contributed by atoms with E-state index in [1.165, 1.54) is 6.07 Å². The summed E-state index contributed by atoms with van der Waals surface area (Å²) in [4.78, 5) is 29.9. The molecule has 190 valence electrons. The lowest BCUT2D eigenvalue weighted by molar-refractivity contribution is -0.117. The van der Waals surface area contributed by atoms with Crippen LogP contribution in [0.1, 0.15) is 27.2 Å². The Balaban J connectivity index is 1.36. The van der Waals surface area contributed by atoms with Gasteiger partial charge in [-0.05, 0) is 35.7 Å². The van der Waals surface area contributed by atoms with Gasteiger partial charge in [0.15, 0.2) is 5.13 Å². The summed E-state index contributed by atoms with van der Waals surface area (Å²) in [6.45, 7) is 6.07. The maximum absolute atomic E-state index is 13.7. The number of anilines is 1. The van der Waals surface area contributed by atoms with Crippen molar-refractivity contribution in [1.29, 1.82) is 0 Å². The molecule has 0 saturated heterocycles. The Hall–Kier alpha value is -4.44. The van der Waals surface area contributed by atoms with Gasteiger partial charge in [0.2, 0.25) is 5.91 Å². The minimum absolute atomic E-state index is 0.0602. The highest BCUT2D eigenvalue weighted by Crippen LogP contribution is 2.36.